The van der Waals surface area contributed by atoms with Gasteiger partial charge in [-0.25, -0.2) is 0 Å². The third kappa shape index (κ3) is 4.90. The first-order chi connectivity index (χ1) is 12.2. The van der Waals surface area contributed by atoms with E-state index in [1.54, 1.807) is 18.2 Å². The lowest BCUT2D eigenvalue weighted by Crippen LogP contribution is -3.11. The molecule has 0 bridgehead atoms. The second kappa shape index (κ2) is 8.44. The summed E-state index contributed by atoms with van der Waals surface area (Å²) < 4.78 is 0. The number of rotatable bonds is 6. The molecule has 2 aromatic rings. The van der Waals surface area contributed by atoms with Crippen LogP contribution in [0.25, 0.3) is 0 Å². The van der Waals surface area contributed by atoms with Gasteiger partial charge < -0.3 is 15.5 Å². The molecule has 3 rings (SSSR count). The van der Waals surface area contributed by atoms with Crippen LogP contribution in [-0.4, -0.2) is 31.4 Å². The van der Waals surface area contributed by atoms with Gasteiger partial charge in [-0.05, 0) is 17.7 Å². The molecule has 0 unspecified atom stereocenters. The number of anilines is 1. The van der Waals surface area contributed by atoms with Crippen molar-refractivity contribution < 1.29 is 14.5 Å². The summed E-state index contributed by atoms with van der Waals surface area (Å²) in [7, 11) is 0. The summed E-state index contributed by atoms with van der Waals surface area (Å²) in [6, 6.07) is 16.9. The summed E-state index contributed by atoms with van der Waals surface area (Å²) in [5.74, 6) is -0.228. The van der Waals surface area contributed by atoms with Crippen molar-refractivity contribution in [3.63, 3.8) is 0 Å². The number of quaternary nitrogens is 1. The zero-order chi connectivity index (χ0) is 17.5. The van der Waals surface area contributed by atoms with Gasteiger partial charge in [-0.3, -0.25) is 9.59 Å². The van der Waals surface area contributed by atoms with Gasteiger partial charge in [0.1, 0.15) is 0 Å². The minimum Gasteiger partial charge on any atom is -0.348 e. The van der Waals surface area contributed by atoms with Gasteiger partial charge in [-0.1, -0.05) is 42.5 Å². The predicted molar refractivity (Wildman–Crippen MR) is 97.5 cm³/mol. The zero-order valence-corrected chi connectivity index (χ0v) is 14.3. The maximum atomic E-state index is 12.5. The van der Waals surface area contributed by atoms with Crippen LogP contribution in [0.4, 0.5) is 5.69 Å². The molecule has 1 aliphatic rings. The van der Waals surface area contributed by atoms with E-state index in [2.05, 4.69) is 10.6 Å². The maximum Gasteiger partial charge on any atom is 0.279 e. The standard InChI is InChI=1S/C20H23N3O2/c24-19(15-23-12-6-7-13-23)22-18-11-5-4-10-17(18)20(25)21-14-16-8-2-1-3-9-16/h1-5,8-11H,6-7,12-15H2,(H,21,25)(H,22,24)/p+1. The van der Waals surface area contributed by atoms with Gasteiger partial charge in [-0.15, -0.1) is 0 Å². The number of likely N-dealkylation sites (tertiary alicyclic amines) is 1. The molecule has 0 spiro atoms. The lowest BCUT2D eigenvalue weighted by atomic mass is 10.1. The molecule has 25 heavy (non-hydrogen) atoms. The van der Waals surface area contributed by atoms with Crippen molar-refractivity contribution in [2.75, 3.05) is 25.0 Å². The highest BCUT2D eigenvalue weighted by Crippen LogP contribution is 2.15. The summed E-state index contributed by atoms with van der Waals surface area (Å²) in [6.45, 7) is 3.01. The largest absolute Gasteiger partial charge is 0.348 e. The van der Waals surface area contributed by atoms with Crippen molar-refractivity contribution in [1.29, 1.82) is 0 Å². The van der Waals surface area contributed by atoms with Crippen LogP contribution in [0.15, 0.2) is 54.6 Å². The minimum atomic E-state index is -0.187. The van der Waals surface area contributed by atoms with E-state index in [0.717, 1.165) is 18.7 Å². The molecule has 130 valence electrons. The Bertz CT molecular complexity index is 725. The number of hydrogen-bond donors (Lipinski definition) is 3. The average molecular weight is 338 g/mol. The molecule has 1 fully saturated rings. The first kappa shape index (κ1) is 17.2. The maximum absolute atomic E-state index is 12.5. The zero-order valence-electron chi connectivity index (χ0n) is 14.3. The number of para-hydroxylation sites is 1. The van der Waals surface area contributed by atoms with Crippen molar-refractivity contribution in [3.8, 4) is 0 Å². The number of hydrogen-bond acceptors (Lipinski definition) is 2. The van der Waals surface area contributed by atoms with Crippen molar-refractivity contribution in [2.45, 2.75) is 19.4 Å². The lowest BCUT2D eigenvalue weighted by molar-refractivity contribution is -0.878. The van der Waals surface area contributed by atoms with E-state index in [1.165, 1.54) is 17.7 Å². The van der Waals surface area contributed by atoms with E-state index in [-0.39, 0.29) is 11.8 Å². The number of nitrogens with one attached hydrogen (secondary N) is 3. The van der Waals surface area contributed by atoms with Crippen LogP contribution in [0.1, 0.15) is 28.8 Å². The normalized spacial score (nSPS) is 14.2. The van der Waals surface area contributed by atoms with Crippen LogP contribution in [-0.2, 0) is 11.3 Å². The second-order valence-electron chi connectivity index (χ2n) is 6.40. The van der Waals surface area contributed by atoms with Gasteiger partial charge in [0.15, 0.2) is 6.54 Å². The molecule has 3 N–H and O–H groups in total. The highest BCUT2D eigenvalue weighted by molar-refractivity contribution is 6.03. The fourth-order valence-electron chi connectivity index (χ4n) is 3.14. The molecular formula is C20H24N3O2+. The van der Waals surface area contributed by atoms with Gasteiger partial charge >= 0.3 is 0 Å². The fourth-order valence-corrected chi connectivity index (χ4v) is 3.14. The van der Waals surface area contributed by atoms with E-state index < -0.39 is 0 Å². The molecule has 1 saturated heterocycles. The Morgan fingerprint density at radius 1 is 0.920 bits per heavy atom. The van der Waals surface area contributed by atoms with Crippen LogP contribution in [0.2, 0.25) is 0 Å². The van der Waals surface area contributed by atoms with Gasteiger partial charge in [-0.2, -0.15) is 0 Å². The Balaban J connectivity index is 1.61. The van der Waals surface area contributed by atoms with E-state index >= 15 is 0 Å². The monoisotopic (exact) mass is 338 g/mol. The molecular weight excluding hydrogens is 314 g/mol. The molecule has 0 radical (unpaired) electrons. The van der Waals surface area contributed by atoms with Crippen molar-refractivity contribution in [3.05, 3.63) is 65.7 Å². The first-order valence-electron chi connectivity index (χ1n) is 8.77. The summed E-state index contributed by atoms with van der Waals surface area (Å²) in [5.41, 5.74) is 2.09. The van der Waals surface area contributed by atoms with Crippen LogP contribution in [0, 0.1) is 0 Å². The number of amides is 2. The Kier molecular flexibility index (Phi) is 5.80. The topological polar surface area (TPSA) is 62.6 Å². The molecule has 0 saturated carbocycles. The molecule has 5 nitrogen and oxygen atoms in total. The SMILES string of the molecule is O=C(C[NH+]1CCCC1)Nc1ccccc1C(=O)NCc1ccccc1. The van der Waals surface area contributed by atoms with Crippen molar-refractivity contribution in [2.24, 2.45) is 0 Å². The van der Waals surface area contributed by atoms with Crippen LogP contribution < -0.4 is 15.5 Å². The molecule has 0 aliphatic carbocycles. The van der Waals surface area contributed by atoms with Gasteiger partial charge in [0.2, 0.25) is 0 Å². The van der Waals surface area contributed by atoms with Crippen LogP contribution in [0.5, 0.6) is 0 Å². The molecule has 1 heterocycles. The summed E-state index contributed by atoms with van der Waals surface area (Å²) >= 11 is 0. The summed E-state index contributed by atoms with van der Waals surface area (Å²) in [6.07, 6.45) is 2.36. The highest BCUT2D eigenvalue weighted by Gasteiger charge is 2.20. The van der Waals surface area contributed by atoms with Gasteiger partial charge in [0.25, 0.3) is 11.8 Å². The second-order valence-corrected chi connectivity index (χ2v) is 6.40. The third-order valence-electron chi connectivity index (χ3n) is 4.46. The van der Waals surface area contributed by atoms with E-state index in [4.69, 9.17) is 0 Å². The Labute approximate surface area is 148 Å². The van der Waals surface area contributed by atoms with Crippen LogP contribution >= 0.6 is 0 Å². The molecule has 5 heteroatoms. The molecule has 2 aromatic carbocycles. The van der Waals surface area contributed by atoms with Gasteiger partial charge in [0.05, 0.1) is 24.3 Å². The lowest BCUT2D eigenvalue weighted by Gasteiger charge is -2.14. The molecule has 2 amide bonds. The first-order valence-corrected chi connectivity index (χ1v) is 8.77. The molecule has 0 aromatic heterocycles. The number of benzene rings is 2. The molecule has 1 aliphatic heterocycles. The van der Waals surface area contributed by atoms with Crippen molar-refractivity contribution in [1.82, 2.24) is 5.32 Å². The van der Waals surface area contributed by atoms with Crippen LogP contribution in [0.3, 0.4) is 0 Å². The van der Waals surface area contributed by atoms with E-state index in [9.17, 15) is 9.59 Å². The number of carbonyl (C=O) groups is 2. The quantitative estimate of drug-likeness (QED) is 0.742. The average Bonchev–Trinajstić information content (AvgIpc) is 3.14. The summed E-state index contributed by atoms with van der Waals surface area (Å²) in [4.78, 5) is 26.1. The summed E-state index contributed by atoms with van der Waals surface area (Å²) in [5, 5.41) is 5.80. The fraction of sp³-hybridized carbons (Fsp3) is 0.300. The van der Waals surface area contributed by atoms with E-state index in [0.29, 0.717) is 24.3 Å². The Morgan fingerprint density at radius 2 is 1.60 bits per heavy atom. The predicted octanol–water partition coefficient (Wildman–Crippen LogP) is 1.23. The molecule has 0 atom stereocenters. The number of carbonyl (C=O) groups excluding carboxylic acids is 2. The highest BCUT2D eigenvalue weighted by atomic mass is 16.2. The van der Waals surface area contributed by atoms with E-state index in [1.807, 2.05) is 36.4 Å². The minimum absolute atomic E-state index is 0.0415. The Hall–Kier alpha value is -2.66. The van der Waals surface area contributed by atoms with Crippen molar-refractivity contribution >= 4 is 17.5 Å². The Morgan fingerprint density at radius 3 is 2.36 bits per heavy atom. The smallest absolute Gasteiger partial charge is 0.279 e. The van der Waals surface area contributed by atoms with Gasteiger partial charge in [0, 0.05) is 19.4 Å². The third-order valence-corrected chi connectivity index (χ3v) is 4.46.